The lowest BCUT2D eigenvalue weighted by molar-refractivity contribution is -0.145. The minimum absolute atomic E-state index is 0.00523. The molecule has 1 aromatic carbocycles. The van der Waals surface area contributed by atoms with Crippen molar-refractivity contribution < 1.29 is 19.1 Å². The molecule has 0 aromatic heterocycles. The Morgan fingerprint density at radius 3 is 2.63 bits per heavy atom. The fourth-order valence-electron chi connectivity index (χ4n) is 1.50. The van der Waals surface area contributed by atoms with E-state index in [4.69, 9.17) is 16.3 Å². The second kappa shape index (κ2) is 6.99. The third-order valence-electron chi connectivity index (χ3n) is 2.41. The lowest BCUT2D eigenvalue weighted by Crippen LogP contribution is -2.44. The summed E-state index contributed by atoms with van der Waals surface area (Å²) in [5.41, 5.74) is 0.846. The zero-order valence-electron chi connectivity index (χ0n) is 11.0. The Labute approximate surface area is 116 Å². The van der Waals surface area contributed by atoms with Crippen molar-refractivity contribution in [2.24, 2.45) is 0 Å². The standard InChI is InChI=1S/C13H16ClNO4/c1-8-6-10(14)4-5-12(8)19-7-11(13(17)18-3)15-9(2)16/h4-6,11H,7H2,1-3H3,(H,15,16). The smallest absolute Gasteiger partial charge is 0.331 e. The monoisotopic (exact) mass is 285 g/mol. The Kier molecular flexibility index (Phi) is 5.63. The Morgan fingerprint density at radius 1 is 1.42 bits per heavy atom. The van der Waals surface area contributed by atoms with E-state index in [2.05, 4.69) is 10.1 Å². The van der Waals surface area contributed by atoms with Crippen LogP contribution in [0.25, 0.3) is 0 Å². The van der Waals surface area contributed by atoms with Gasteiger partial charge in [-0.3, -0.25) is 4.79 Å². The van der Waals surface area contributed by atoms with Crippen molar-refractivity contribution in [3.63, 3.8) is 0 Å². The summed E-state index contributed by atoms with van der Waals surface area (Å²) in [5, 5.41) is 3.07. The third kappa shape index (κ3) is 4.79. The number of carbonyl (C=O) groups excluding carboxylic acids is 2. The van der Waals surface area contributed by atoms with Crippen molar-refractivity contribution in [2.45, 2.75) is 19.9 Å². The van der Waals surface area contributed by atoms with E-state index in [1.54, 1.807) is 18.2 Å². The molecule has 0 aliphatic carbocycles. The Morgan fingerprint density at radius 2 is 2.11 bits per heavy atom. The molecule has 104 valence electrons. The molecule has 1 amide bonds. The second-order valence-electron chi connectivity index (χ2n) is 4.00. The molecule has 1 N–H and O–H groups in total. The van der Waals surface area contributed by atoms with Crippen LogP contribution in [0.4, 0.5) is 0 Å². The minimum atomic E-state index is -0.836. The van der Waals surface area contributed by atoms with Crippen molar-refractivity contribution in [2.75, 3.05) is 13.7 Å². The van der Waals surface area contributed by atoms with E-state index in [9.17, 15) is 9.59 Å². The number of methoxy groups -OCH3 is 1. The molecule has 1 rings (SSSR count). The predicted molar refractivity (Wildman–Crippen MR) is 71.3 cm³/mol. The number of aryl methyl sites for hydroxylation is 1. The minimum Gasteiger partial charge on any atom is -0.491 e. The first-order valence-electron chi connectivity index (χ1n) is 5.68. The van der Waals surface area contributed by atoms with Crippen LogP contribution in [0.3, 0.4) is 0 Å². The van der Waals surface area contributed by atoms with Crippen LogP contribution in [0.1, 0.15) is 12.5 Å². The Hall–Kier alpha value is -1.75. The topological polar surface area (TPSA) is 64.6 Å². The molecule has 6 heteroatoms. The van der Waals surface area contributed by atoms with Gasteiger partial charge in [-0.1, -0.05) is 11.6 Å². The zero-order chi connectivity index (χ0) is 14.4. The number of esters is 1. The van der Waals surface area contributed by atoms with Gasteiger partial charge in [0, 0.05) is 11.9 Å². The predicted octanol–water partition coefficient (Wildman–Crippen LogP) is 1.70. The number of benzene rings is 1. The van der Waals surface area contributed by atoms with Crippen LogP contribution < -0.4 is 10.1 Å². The van der Waals surface area contributed by atoms with E-state index in [0.29, 0.717) is 10.8 Å². The molecule has 0 heterocycles. The fraction of sp³-hybridized carbons (Fsp3) is 0.385. The van der Waals surface area contributed by atoms with Crippen LogP contribution in [0, 0.1) is 6.92 Å². The number of rotatable bonds is 5. The second-order valence-corrected chi connectivity index (χ2v) is 4.43. The molecule has 1 unspecified atom stereocenters. The first-order valence-corrected chi connectivity index (χ1v) is 6.05. The highest BCUT2D eigenvalue weighted by atomic mass is 35.5. The highest BCUT2D eigenvalue weighted by Crippen LogP contribution is 2.21. The number of amides is 1. The maximum absolute atomic E-state index is 11.5. The summed E-state index contributed by atoms with van der Waals surface area (Å²) >= 11 is 5.83. The van der Waals surface area contributed by atoms with E-state index in [0.717, 1.165) is 5.56 Å². The number of ether oxygens (including phenoxy) is 2. The maximum Gasteiger partial charge on any atom is 0.331 e. The van der Waals surface area contributed by atoms with Gasteiger partial charge in [-0.15, -0.1) is 0 Å². The Balaban J connectivity index is 2.70. The van der Waals surface area contributed by atoms with Gasteiger partial charge in [-0.2, -0.15) is 0 Å². The van der Waals surface area contributed by atoms with E-state index in [1.165, 1.54) is 14.0 Å². The Bertz CT molecular complexity index is 476. The van der Waals surface area contributed by atoms with Gasteiger partial charge < -0.3 is 14.8 Å². The van der Waals surface area contributed by atoms with Gasteiger partial charge in [0.1, 0.15) is 12.4 Å². The number of carbonyl (C=O) groups is 2. The molecule has 0 bridgehead atoms. The highest BCUT2D eigenvalue weighted by molar-refractivity contribution is 6.30. The van der Waals surface area contributed by atoms with E-state index >= 15 is 0 Å². The molecule has 0 aliphatic heterocycles. The lowest BCUT2D eigenvalue weighted by atomic mass is 10.2. The molecule has 0 fully saturated rings. The molecular weight excluding hydrogens is 270 g/mol. The van der Waals surface area contributed by atoms with Crippen LogP contribution >= 0.6 is 11.6 Å². The average molecular weight is 286 g/mol. The molecule has 19 heavy (non-hydrogen) atoms. The number of hydrogen-bond donors (Lipinski definition) is 1. The molecule has 0 saturated carbocycles. The zero-order valence-corrected chi connectivity index (χ0v) is 11.8. The van der Waals surface area contributed by atoms with Crippen LogP contribution in [-0.2, 0) is 14.3 Å². The molecule has 1 aromatic rings. The highest BCUT2D eigenvalue weighted by Gasteiger charge is 2.21. The third-order valence-corrected chi connectivity index (χ3v) is 2.64. The summed E-state index contributed by atoms with van der Waals surface area (Å²) in [5.74, 6) is -0.280. The normalized spacial score (nSPS) is 11.6. The summed E-state index contributed by atoms with van der Waals surface area (Å²) in [6, 6.07) is 4.31. The van der Waals surface area contributed by atoms with Gasteiger partial charge in [-0.25, -0.2) is 4.79 Å². The molecule has 0 spiro atoms. The van der Waals surface area contributed by atoms with Crippen molar-refractivity contribution in [3.05, 3.63) is 28.8 Å². The first-order chi connectivity index (χ1) is 8.93. The summed E-state index contributed by atoms with van der Waals surface area (Å²) in [6.07, 6.45) is 0. The molecular formula is C13H16ClNO4. The van der Waals surface area contributed by atoms with Crippen molar-refractivity contribution in [1.82, 2.24) is 5.32 Å². The largest absolute Gasteiger partial charge is 0.491 e. The van der Waals surface area contributed by atoms with E-state index in [-0.39, 0.29) is 12.5 Å². The van der Waals surface area contributed by atoms with E-state index < -0.39 is 12.0 Å². The molecule has 0 saturated heterocycles. The van der Waals surface area contributed by atoms with Gasteiger partial charge in [0.2, 0.25) is 5.91 Å². The summed E-state index contributed by atoms with van der Waals surface area (Å²) < 4.78 is 10.1. The number of halogens is 1. The van der Waals surface area contributed by atoms with E-state index in [1.807, 2.05) is 6.92 Å². The summed E-state index contributed by atoms with van der Waals surface area (Å²) in [4.78, 5) is 22.5. The van der Waals surface area contributed by atoms with Crippen molar-refractivity contribution in [1.29, 1.82) is 0 Å². The van der Waals surface area contributed by atoms with Gasteiger partial charge >= 0.3 is 5.97 Å². The summed E-state index contributed by atoms with van der Waals surface area (Å²) in [6.45, 7) is 3.16. The van der Waals surface area contributed by atoms with Crippen molar-refractivity contribution >= 4 is 23.5 Å². The maximum atomic E-state index is 11.5. The van der Waals surface area contributed by atoms with Crippen LogP contribution in [0.15, 0.2) is 18.2 Å². The fourth-order valence-corrected chi connectivity index (χ4v) is 1.73. The van der Waals surface area contributed by atoms with Gasteiger partial charge in [-0.05, 0) is 30.7 Å². The molecule has 0 aliphatic rings. The number of hydrogen-bond acceptors (Lipinski definition) is 4. The quantitative estimate of drug-likeness (QED) is 0.837. The van der Waals surface area contributed by atoms with Crippen molar-refractivity contribution in [3.8, 4) is 5.75 Å². The van der Waals surface area contributed by atoms with Crippen LogP contribution in [0.2, 0.25) is 5.02 Å². The first kappa shape index (κ1) is 15.3. The van der Waals surface area contributed by atoms with Crippen LogP contribution in [0.5, 0.6) is 5.75 Å². The average Bonchev–Trinajstić information content (AvgIpc) is 2.34. The lowest BCUT2D eigenvalue weighted by Gasteiger charge is -2.17. The molecule has 0 radical (unpaired) electrons. The molecule has 5 nitrogen and oxygen atoms in total. The molecule has 1 atom stereocenters. The van der Waals surface area contributed by atoms with Gasteiger partial charge in [0.05, 0.1) is 7.11 Å². The number of nitrogens with one attached hydrogen (secondary N) is 1. The van der Waals surface area contributed by atoms with Gasteiger partial charge in [0.25, 0.3) is 0 Å². The van der Waals surface area contributed by atoms with Crippen LogP contribution in [-0.4, -0.2) is 31.6 Å². The summed E-state index contributed by atoms with van der Waals surface area (Å²) in [7, 11) is 1.25. The van der Waals surface area contributed by atoms with Gasteiger partial charge in [0.15, 0.2) is 6.04 Å². The SMILES string of the molecule is COC(=O)C(COc1ccc(Cl)cc1C)NC(C)=O.